The number of likely N-dealkylation sites (N-methyl/N-ethyl adjacent to an activating group) is 1. The molecule has 1 atom stereocenters. The van der Waals surface area contributed by atoms with Crippen molar-refractivity contribution in [3.05, 3.63) is 106 Å². The number of unbranched alkanes of at least 4 members (excludes halogenated alkanes) is 1. The van der Waals surface area contributed by atoms with Crippen molar-refractivity contribution in [2.45, 2.75) is 63.0 Å². The summed E-state index contributed by atoms with van der Waals surface area (Å²) in [6.45, 7) is 0.639. The van der Waals surface area contributed by atoms with Crippen LogP contribution in [0.4, 0.5) is 35.1 Å². The maximum atomic E-state index is 13.5. The van der Waals surface area contributed by atoms with E-state index >= 15 is 0 Å². The highest BCUT2D eigenvalue weighted by Gasteiger charge is 2.37. The van der Waals surface area contributed by atoms with Crippen LogP contribution in [0.2, 0.25) is 0 Å². The molecule has 0 N–H and O–H groups in total. The molecule has 3 aromatic carbocycles. The normalized spacial score (nSPS) is 16.0. The van der Waals surface area contributed by atoms with Crippen molar-refractivity contribution >= 4 is 5.91 Å². The summed E-state index contributed by atoms with van der Waals surface area (Å²) in [6.07, 6.45) is -7.08. The van der Waals surface area contributed by atoms with Crippen LogP contribution in [0.25, 0.3) is 0 Å². The third-order valence-electron chi connectivity index (χ3n) is 7.90. The first kappa shape index (κ1) is 32.4. The predicted molar refractivity (Wildman–Crippen MR) is 146 cm³/mol. The van der Waals surface area contributed by atoms with Crippen LogP contribution in [-0.2, 0) is 23.7 Å². The van der Waals surface area contributed by atoms with Gasteiger partial charge in [-0.3, -0.25) is 9.69 Å². The molecule has 1 heterocycles. The average molecular weight is 613 g/mol. The Labute approximate surface area is 245 Å². The second-order valence-electron chi connectivity index (χ2n) is 11.0. The fraction of sp³-hybridized carbons (Fsp3) is 0.406. The number of carbonyl (C=O) groups is 1. The Balaban J connectivity index is 1.31. The fourth-order valence-corrected chi connectivity index (χ4v) is 5.55. The van der Waals surface area contributed by atoms with Crippen LogP contribution >= 0.6 is 0 Å². The standard InChI is InChI=1S/C32H32F8N2O/c1-41(19-21-16-24(31(35,36)37)18-25(17-21)32(38,39)40)28-14-15-42(20-28)30(43)5-3-2-4-29(22-6-10-26(33)11-7-22)23-8-12-27(34)13-9-23/h6-13,16-18,28-29H,2-5,14-15,19-20H2,1H3. The number of halogens is 8. The fourth-order valence-electron chi connectivity index (χ4n) is 5.55. The maximum absolute atomic E-state index is 13.5. The third kappa shape index (κ3) is 8.78. The lowest BCUT2D eigenvalue weighted by molar-refractivity contribution is -0.143. The number of nitrogens with zero attached hydrogens (tertiary/aromatic N) is 2. The molecule has 0 saturated carbocycles. The zero-order chi connectivity index (χ0) is 31.4. The Hall–Kier alpha value is -3.47. The van der Waals surface area contributed by atoms with Crippen molar-refractivity contribution in [1.82, 2.24) is 9.80 Å². The number of alkyl halides is 6. The van der Waals surface area contributed by atoms with Gasteiger partial charge in [0, 0.05) is 38.0 Å². The molecular formula is C32H32F8N2O. The van der Waals surface area contributed by atoms with Gasteiger partial charge in [0.15, 0.2) is 0 Å². The molecule has 0 aliphatic carbocycles. The third-order valence-corrected chi connectivity index (χ3v) is 7.90. The van der Waals surface area contributed by atoms with E-state index < -0.39 is 23.5 Å². The molecule has 1 unspecified atom stereocenters. The van der Waals surface area contributed by atoms with Crippen molar-refractivity contribution < 1.29 is 39.9 Å². The van der Waals surface area contributed by atoms with E-state index in [1.165, 1.54) is 24.3 Å². The van der Waals surface area contributed by atoms with Gasteiger partial charge >= 0.3 is 12.4 Å². The number of likely N-dealkylation sites (tertiary alicyclic amines) is 1. The molecule has 1 amide bonds. The lowest BCUT2D eigenvalue weighted by atomic mass is 9.87. The van der Waals surface area contributed by atoms with Crippen LogP contribution in [0.15, 0.2) is 66.7 Å². The molecule has 232 valence electrons. The first-order valence-corrected chi connectivity index (χ1v) is 14.0. The predicted octanol–water partition coefficient (Wildman–Crippen LogP) is 8.43. The summed E-state index contributed by atoms with van der Waals surface area (Å²) in [4.78, 5) is 16.3. The smallest absolute Gasteiger partial charge is 0.341 e. The molecule has 1 fully saturated rings. The number of benzene rings is 3. The molecule has 3 nitrogen and oxygen atoms in total. The number of hydrogen-bond acceptors (Lipinski definition) is 2. The van der Waals surface area contributed by atoms with E-state index in [9.17, 15) is 39.9 Å². The van der Waals surface area contributed by atoms with Gasteiger partial charge in [0.1, 0.15) is 11.6 Å². The molecule has 11 heteroatoms. The maximum Gasteiger partial charge on any atom is 0.416 e. The first-order chi connectivity index (χ1) is 20.2. The first-order valence-electron chi connectivity index (χ1n) is 14.0. The van der Waals surface area contributed by atoms with Gasteiger partial charge in [-0.1, -0.05) is 30.7 Å². The minimum absolute atomic E-state index is 0.0746. The Kier molecular flexibility index (Phi) is 10.1. The van der Waals surface area contributed by atoms with E-state index in [0.29, 0.717) is 38.8 Å². The second kappa shape index (κ2) is 13.4. The van der Waals surface area contributed by atoms with E-state index in [4.69, 9.17) is 0 Å². The van der Waals surface area contributed by atoms with Gasteiger partial charge in [0.2, 0.25) is 5.91 Å². The van der Waals surface area contributed by atoms with E-state index in [0.717, 1.165) is 23.3 Å². The lowest BCUT2D eigenvalue weighted by Crippen LogP contribution is -2.36. The summed E-state index contributed by atoms with van der Waals surface area (Å²) in [6, 6.07) is 13.6. The molecule has 1 aliphatic rings. The zero-order valence-electron chi connectivity index (χ0n) is 23.5. The number of carbonyl (C=O) groups excluding carboxylic acids is 1. The molecule has 0 aromatic heterocycles. The Morgan fingerprint density at radius 3 is 1.84 bits per heavy atom. The Morgan fingerprint density at radius 1 is 0.837 bits per heavy atom. The summed E-state index contributed by atoms with van der Waals surface area (Å²) >= 11 is 0. The number of rotatable bonds is 10. The van der Waals surface area contributed by atoms with E-state index in [2.05, 4.69) is 0 Å². The highest BCUT2D eigenvalue weighted by Crippen LogP contribution is 2.37. The minimum atomic E-state index is -4.91. The molecule has 0 spiro atoms. The van der Waals surface area contributed by atoms with Gasteiger partial charge in [-0.05, 0) is 85.5 Å². The van der Waals surface area contributed by atoms with Crippen molar-refractivity contribution in [3.8, 4) is 0 Å². The van der Waals surface area contributed by atoms with E-state index in [-0.39, 0.29) is 54.1 Å². The molecule has 43 heavy (non-hydrogen) atoms. The minimum Gasteiger partial charge on any atom is -0.341 e. The summed E-state index contributed by atoms with van der Waals surface area (Å²) < 4.78 is 106. The van der Waals surface area contributed by atoms with Crippen LogP contribution in [-0.4, -0.2) is 41.9 Å². The molecule has 3 aromatic rings. The quantitative estimate of drug-likeness (QED) is 0.170. The van der Waals surface area contributed by atoms with Crippen molar-refractivity contribution in [2.75, 3.05) is 20.1 Å². The van der Waals surface area contributed by atoms with Crippen LogP contribution in [0, 0.1) is 11.6 Å². The average Bonchev–Trinajstić information content (AvgIpc) is 3.44. The summed E-state index contributed by atoms with van der Waals surface area (Å²) in [5, 5.41) is 0. The number of amides is 1. The molecular weight excluding hydrogens is 580 g/mol. The van der Waals surface area contributed by atoms with Gasteiger partial charge in [-0.25, -0.2) is 8.78 Å². The summed E-state index contributed by atoms with van der Waals surface area (Å²) in [7, 11) is 1.62. The Morgan fingerprint density at radius 2 is 1.35 bits per heavy atom. The highest BCUT2D eigenvalue weighted by molar-refractivity contribution is 5.76. The van der Waals surface area contributed by atoms with Gasteiger partial charge < -0.3 is 4.90 Å². The van der Waals surface area contributed by atoms with E-state index in [1.807, 2.05) is 0 Å². The van der Waals surface area contributed by atoms with Crippen LogP contribution in [0.5, 0.6) is 0 Å². The van der Waals surface area contributed by atoms with Gasteiger partial charge in [-0.15, -0.1) is 0 Å². The molecule has 0 bridgehead atoms. The van der Waals surface area contributed by atoms with E-state index in [1.54, 1.807) is 41.1 Å². The summed E-state index contributed by atoms with van der Waals surface area (Å²) in [5.74, 6) is -0.894. The SMILES string of the molecule is CN(Cc1cc(C(F)(F)F)cc(C(F)(F)F)c1)C1CCN(C(=O)CCCCC(c2ccc(F)cc2)c2ccc(F)cc2)C1. The van der Waals surface area contributed by atoms with Gasteiger partial charge in [-0.2, -0.15) is 26.3 Å². The van der Waals surface area contributed by atoms with Crippen molar-refractivity contribution in [1.29, 1.82) is 0 Å². The Bertz CT molecular complexity index is 1290. The molecule has 0 radical (unpaired) electrons. The van der Waals surface area contributed by atoms with Crippen molar-refractivity contribution in [3.63, 3.8) is 0 Å². The molecule has 1 aliphatic heterocycles. The highest BCUT2D eigenvalue weighted by atomic mass is 19.4. The second-order valence-corrected chi connectivity index (χ2v) is 11.0. The van der Waals surface area contributed by atoms with Crippen molar-refractivity contribution in [2.24, 2.45) is 0 Å². The van der Waals surface area contributed by atoms with Gasteiger partial charge in [0.25, 0.3) is 0 Å². The zero-order valence-corrected chi connectivity index (χ0v) is 23.5. The van der Waals surface area contributed by atoms with Gasteiger partial charge in [0.05, 0.1) is 11.1 Å². The number of hydrogen-bond donors (Lipinski definition) is 0. The topological polar surface area (TPSA) is 23.6 Å². The monoisotopic (exact) mass is 612 g/mol. The summed E-state index contributed by atoms with van der Waals surface area (Å²) in [5.41, 5.74) is -1.04. The van der Waals surface area contributed by atoms with Crippen LogP contribution in [0.1, 0.15) is 65.8 Å². The lowest BCUT2D eigenvalue weighted by Gasteiger charge is -2.25. The largest absolute Gasteiger partial charge is 0.416 e. The molecule has 4 rings (SSSR count). The van der Waals surface area contributed by atoms with Crippen LogP contribution in [0.3, 0.4) is 0 Å². The molecule has 1 saturated heterocycles. The van der Waals surface area contributed by atoms with Crippen LogP contribution < -0.4 is 0 Å².